The molecule has 0 heterocycles. The van der Waals surface area contributed by atoms with Crippen molar-refractivity contribution in [2.75, 3.05) is 13.2 Å². The average molecular weight is 248 g/mol. The van der Waals surface area contributed by atoms with Crippen molar-refractivity contribution in [1.82, 2.24) is 0 Å². The number of alkyl halides is 3. The second-order valence-corrected chi connectivity index (χ2v) is 3.21. The van der Waals surface area contributed by atoms with Crippen molar-refractivity contribution in [3.8, 4) is 5.75 Å². The molecule has 2 N–H and O–H groups in total. The summed E-state index contributed by atoms with van der Waals surface area (Å²) in [5.74, 6) is 0.494. The third kappa shape index (κ3) is 4.34. The Morgan fingerprint density at radius 3 is 2.29 bits per heavy atom. The van der Waals surface area contributed by atoms with Crippen LogP contribution in [0.3, 0.4) is 0 Å². The van der Waals surface area contributed by atoms with Gasteiger partial charge in [-0.3, -0.25) is 0 Å². The predicted octanol–water partition coefficient (Wildman–Crippen LogP) is 1.28. The van der Waals surface area contributed by atoms with E-state index in [2.05, 4.69) is 0 Å². The van der Waals surface area contributed by atoms with E-state index in [9.17, 15) is 13.2 Å². The van der Waals surface area contributed by atoms with E-state index >= 15 is 0 Å². The molecule has 1 aromatic rings. The summed E-state index contributed by atoms with van der Waals surface area (Å²) in [5.41, 5.74) is -0.716. The van der Waals surface area contributed by atoms with E-state index in [4.69, 9.17) is 14.9 Å². The summed E-state index contributed by atoms with van der Waals surface area (Å²) in [5, 5.41) is 5.42. The first-order valence-corrected chi connectivity index (χ1v) is 4.97. The van der Waals surface area contributed by atoms with Gasteiger partial charge in [0.1, 0.15) is 5.75 Å². The van der Waals surface area contributed by atoms with Gasteiger partial charge in [-0.2, -0.15) is 13.2 Å². The number of hydrogen-bond acceptors (Lipinski definition) is 2. The molecule has 0 aromatic heterocycles. The molecule has 0 aliphatic carbocycles. The Balaban J connectivity index is 2.54. The minimum atomic E-state index is -4.34. The van der Waals surface area contributed by atoms with Gasteiger partial charge in [0.15, 0.2) is 0 Å². The predicted molar refractivity (Wildman–Crippen MR) is 55.5 cm³/mol. The minimum Gasteiger partial charge on any atom is -0.479 e. The van der Waals surface area contributed by atoms with Crippen LogP contribution in [0.5, 0.6) is 5.75 Å². The molecule has 6 heteroatoms. The fourth-order valence-electron chi connectivity index (χ4n) is 1.12. The van der Waals surface area contributed by atoms with Crippen molar-refractivity contribution in [1.29, 1.82) is 0 Å². The van der Waals surface area contributed by atoms with Crippen LogP contribution in [0.15, 0.2) is 24.3 Å². The van der Waals surface area contributed by atoms with Crippen LogP contribution in [0, 0.1) is 0 Å². The topological polar surface area (TPSA) is 44.0 Å². The van der Waals surface area contributed by atoms with Crippen molar-refractivity contribution in [2.45, 2.75) is 13.1 Å². The molecule has 0 aliphatic heterocycles. The molecular weight excluding hydrogens is 235 g/mol. The van der Waals surface area contributed by atoms with Crippen LogP contribution in [-0.2, 0) is 10.9 Å². The number of halogens is 3. The molecule has 0 saturated heterocycles. The zero-order valence-corrected chi connectivity index (χ0v) is 9.25. The van der Waals surface area contributed by atoms with Gasteiger partial charge in [-0.15, -0.1) is 0 Å². The highest BCUT2D eigenvalue weighted by Gasteiger charge is 2.30. The van der Waals surface area contributed by atoms with E-state index in [1.54, 1.807) is 6.92 Å². The van der Waals surface area contributed by atoms with Gasteiger partial charge in [0.25, 0.3) is 0 Å². The minimum absolute atomic E-state index is 0.0131. The number of hydrogen-bond donors (Lipinski definition) is 1. The molecule has 0 saturated carbocycles. The number of rotatable bonds is 4. The Morgan fingerprint density at radius 2 is 1.82 bits per heavy atom. The summed E-state index contributed by atoms with van der Waals surface area (Å²) in [7, 11) is 0. The summed E-state index contributed by atoms with van der Waals surface area (Å²) in [6.07, 6.45) is -4.34. The number of nitrogens with two attached hydrogens (primary N) is 1. The van der Waals surface area contributed by atoms with Gasteiger partial charge in [-0.1, -0.05) is 0 Å². The molecule has 0 radical (unpaired) electrons. The fraction of sp³-hybridized carbons (Fsp3) is 0.364. The molecule has 0 unspecified atom stereocenters. The quantitative estimate of drug-likeness (QED) is 0.644. The van der Waals surface area contributed by atoms with Crippen LogP contribution in [-0.4, -0.2) is 19.1 Å². The first-order valence-electron chi connectivity index (χ1n) is 4.97. The maximum Gasteiger partial charge on any atom is 0.416 e. The highest BCUT2D eigenvalue weighted by Crippen LogP contribution is 2.30. The van der Waals surface area contributed by atoms with Gasteiger partial charge in [0.05, 0.1) is 12.2 Å². The monoisotopic (exact) mass is 248 g/mol. The summed E-state index contributed by atoms with van der Waals surface area (Å²) >= 11 is 0. The normalized spacial score (nSPS) is 11.1. The standard InChI is InChI=1S/C11H12F3NO2/c1-2-16-10(15)7-17-9-5-3-8(4-6-9)11(12,13)14/h3-6,15H,2,7H2,1H3/p+1. The van der Waals surface area contributed by atoms with E-state index < -0.39 is 11.7 Å². The van der Waals surface area contributed by atoms with Crippen molar-refractivity contribution in [3.63, 3.8) is 0 Å². The smallest absolute Gasteiger partial charge is 0.416 e. The van der Waals surface area contributed by atoms with Crippen LogP contribution in [0.1, 0.15) is 12.5 Å². The second kappa shape index (κ2) is 5.56. The molecule has 0 atom stereocenters. The molecule has 0 spiro atoms. The molecule has 3 nitrogen and oxygen atoms in total. The Labute approximate surface area is 96.7 Å². The van der Waals surface area contributed by atoms with Crippen LogP contribution in [0.4, 0.5) is 13.2 Å². The van der Waals surface area contributed by atoms with E-state index in [0.717, 1.165) is 12.1 Å². The first kappa shape index (κ1) is 13.3. The Morgan fingerprint density at radius 1 is 1.24 bits per heavy atom. The van der Waals surface area contributed by atoms with Crippen LogP contribution < -0.4 is 10.1 Å². The number of benzene rings is 1. The third-order valence-corrected chi connectivity index (χ3v) is 1.89. The lowest BCUT2D eigenvalue weighted by atomic mass is 10.2. The maximum absolute atomic E-state index is 12.2. The summed E-state index contributed by atoms with van der Waals surface area (Å²) in [6, 6.07) is 4.38. The summed E-state index contributed by atoms with van der Waals surface area (Å²) in [4.78, 5) is 0. The van der Waals surface area contributed by atoms with E-state index in [1.807, 2.05) is 0 Å². The Hall–Kier alpha value is -1.72. The molecule has 94 valence electrons. The molecule has 0 aliphatic rings. The van der Waals surface area contributed by atoms with Crippen molar-refractivity contribution in [3.05, 3.63) is 29.8 Å². The second-order valence-electron chi connectivity index (χ2n) is 3.21. The Bertz CT molecular complexity index is 373. The van der Waals surface area contributed by atoms with Crippen LogP contribution in [0.2, 0.25) is 0 Å². The summed E-state index contributed by atoms with van der Waals surface area (Å²) in [6.45, 7) is 2.20. The molecule has 0 amide bonds. The van der Waals surface area contributed by atoms with Gasteiger partial charge in [0.2, 0.25) is 6.61 Å². The zero-order chi connectivity index (χ0) is 12.9. The highest BCUT2D eigenvalue weighted by molar-refractivity contribution is 5.71. The first-order chi connectivity index (χ1) is 7.93. The zero-order valence-electron chi connectivity index (χ0n) is 9.25. The number of ether oxygens (including phenoxy) is 2. The van der Waals surface area contributed by atoms with Crippen molar-refractivity contribution >= 4 is 5.90 Å². The van der Waals surface area contributed by atoms with Gasteiger partial charge in [-0.25, -0.2) is 5.41 Å². The van der Waals surface area contributed by atoms with Gasteiger partial charge < -0.3 is 9.47 Å². The van der Waals surface area contributed by atoms with Gasteiger partial charge in [-0.05, 0) is 31.2 Å². The van der Waals surface area contributed by atoms with E-state index in [1.165, 1.54) is 12.1 Å². The van der Waals surface area contributed by atoms with Gasteiger partial charge in [0, 0.05) is 0 Å². The van der Waals surface area contributed by atoms with E-state index in [0.29, 0.717) is 12.4 Å². The molecule has 1 rings (SSSR count). The SMILES string of the molecule is CCOC(=[NH2+])COc1ccc(C(F)(F)F)cc1. The average Bonchev–Trinajstić information content (AvgIpc) is 2.26. The van der Waals surface area contributed by atoms with Crippen molar-refractivity contribution < 1.29 is 28.1 Å². The lowest BCUT2D eigenvalue weighted by Crippen LogP contribution is -2.45. The largest absolute Gasteiger partial charge is 0.479 e. The van der Waals surface area contributed by atoms with Crippen LogP contribution >= 0.6 is 0 Å². The third-order valence-electron chi connectivity index (χ3n) is 1.89. The summed E-state index contributed by atoms with van der Waals surface area (Å²) < 4.78 is 46.8. The molecule has 0 fully saturated rings. The van der Waals surface area contributed by atoms with Crippen LogP contribution in [0.25, 0.3) is 0 Å². The lowest BCUT2D eigenvalue weighted by molar-refractivity contribution is -0.145. The van der Waals surface area contributed by atoms with E-state index in [-0.39, 0.29) is 12.5 Å². The lowest BCUT2D eigenvalue weighted by Gasteiger charge is -2.08. The van der Waals surface area contributed by atoms with Crippen molar-refractivity contribution in [2.24, 2.45) is 0 Å². The fourth-order valence-corrected chi connectivity index (χ4v) is 1.12. The molecule has 0 bridgehead atoms. The molecular formula is C11H13F3NO2+. The molecule has 17 heavy (non-hydrogen) atoms. The highest BCUT2D eigenvalue weighted by atomic mass is 19.4. The maximum atomic E-state index is 12.2. The van der Waals surface area contributed by atoms with Gasteiger partial charge >= 0.3 is 12.1 Å². The Kier molecular flexibility index (Phi) is 4.37. The molecule has 1 aromatic carbocycles.